The summed E-state index contributed by atoms with van der Waals surface area (Å²) in [6.45, 7) is 7.95. The topological polar surface area (TPSA) is 76.3 Å². The molecule has 1 aliphatic heterocycles. The molecule has 0 spiro atoms. The van der Waals surface area contributed by atoms with Gasteiger partial charge in [0.05, 0.1) is 24.6 Å². The van der Waals surface area contributed by atoms with Crippen LogP contribution in [-0.4, -0.2) is 63.1 Å². The Morgan fingerprint density at radius 2 is 2.08 bits per heavy atom. The average molecular weight is 366 g/mol. The zero-order valence-corrected chi connectivity index (χ0v) is 15.9. The van der Waals surface area contributed by atoms with Gasteiger partial charge in [0.15, 0.2) is 5.03 Å². The summed E-state index contributed by atoms with van der Waals surface area (Å²) in [5, 5.41) is 4.52. The maximum atomic E-state index is 12.9. The number of imidazole rings is 1. The van der Waals surface area contributed by atoms with Gasteiger partial charge in [0.25, 0.3) is 10.0 Å². The van der Waals surface area contributed by atoms with Crippen molar-refractivity contribution >= 4 is 10.0 Å². The van der Waals surface area contributed by atoms with Gasteiger partial charge in [0.2, 0.25) is 0 Å². The highest BCUT2D eigenvalue weighted by molar-refractivity contribution is 7.89. The first kappa shape index (κ1) is 18.1. The van der Waals surface area contributed by atoms with E-state index in [1.54, 1.807) is 24.0 Å². The number of fused-ring (bicyclic) bond motifs is 1. The van der Waals surface area contributed by atoms with Crippen LogP contribution >= 0.6 is 0 Å². The van der Waals surface area contributed by atoms with Crippen molar-refractivity contribution in [3.63, 3.8) is 0 Å². The number of aromatic nitrogens is 4. The van der Waals surface area contributed by atoms with E-state index in [0.717, 1.165) is 31.7 Å². The van der Waals surface area contributed by atoms with Gasteiger partial charge < -0.3 is 9.47 Å². The fourth-order valence-corrected chi connectivity index (χ4v) is 4.69. The maximum Gasteiger partial charge on any atom is 0.262 e. The molecule has 8 nitrogen and oxygen atoms in total. The Hall–Kier alpha value is -1.71. The molecule has 1 atom stereocenters. The second-order valence-electron chi connectivity index (χ2n) is 6.41. The number of hydrogen-bond donors (Lipinski definition) is 0. The summed E-state index contributed by atoms with van der Waals surface area (Å²) in [6.07, 6.45) is 5.67. The quantitative estimate of drug-likeness (QED) is 0.733. The van der Waals surface area contributed by atoms with Crippen molar-refractivity contribution in [2.24, 2.45) is 7.05 Å². The molecule has 0 bridgehead atoms. The lowest BCUT2D eigenvalue weighted by Crippen LogP contribution is -2.42. The minimum absolute atomic E-state index is 0.0397. The van der Waals surface area contributed by atoms with Crippen molar-refractivity contribution in [2.75, 3.05) is 26.2 Å². The molecule has 0 saturated heterocycles. The van der Waals surface area contributed by atoms with Crippen molar-refractivity contribution in [3.8, 4) is 0 Å². The van der Waals surface area contributed by atoms with Crippen molar-refractivity contribution in [1.82, 2.24) is 28.5 Å². The third-order valence-corrected chi connectivity index (χ3v) is 6.51. The van der Waals surface area contributed by atoms with Crippen molar-refractivity contribution in [3.05, 3.63) is 30.5 Å². The smallest absolute Gasteiger partial charge is 0.262 e. The molecule has 0 aliphatic carbocycles. The SMILES string of the molecule is CCN(CC)CC[C@H]1CN(S(=O)(=O)c2cn(C)cn2)Cc2ccnn21. The number of nitrogens with zero attached hydrogens (tertiary/aromatic N) is 6. The molecule has 0 N–H and O–H groups in total. The molecule has 0 aromatic carbocycles. The first-order valence-electron chi connectivity index (χ1n) is 8.68. The van der Waals surface area contributed by atoms with Crippen LogP contribution in [0.2, 0.25) is 0 Å². The molecule has 3 rings (SSSR count). The van der Waals surface area contributed by atoms with E-state index in [0.29, 0.717) is 13.1 Å². The van der Waals surface area contributed by atoms with Gasteiger partial charge in [-0.05, 0) is 25.6 Å². The van der Waals surface area contributed by atoms with Crippen LogP contribution in [0, 0.1) is 0 Å². The molecule has 0 saturated carbocycles. The second kappa shape index (κ2) is 7.27. The van der Waals surface area contributed by atoms with Crippen molar-refractivity contribution < 1.29 is 8.42 Å². The molecular weight excluding hydrogens is 340 g/mol. The number of aryl methyl sites for hydroxylation is 1. The van der Waals surface area contributed by atoms with E-state index in [2.05, 4.69) is 28.8 Å². The minimum Gasteiger partial charge on any atom is -0.339 e. The van der Waals surface area contributed by atoms with Crippen LogP contribution in [0.5, 0.6) is 0 Å². The molecule has 2 aromatic rings. The van der Waals surface area contributed by atoms with Crippen molar-refractivity contribution in [2.45, 2.75) is 37.9 Å². The van der Waals surface area contributed by atoms with Gasteiger partial charge in [0.1, 0.15) is 0 Å². The predicted molar refractivity (Wildman–Crippen MR) is 94.5 cm³/mol. The highest BCUT2D eigenvalue weighted by atomic mass is 32.2. The lowest BCUT2D eigenvalue weighted by molar-refractivity contribution is 0.218. The molecule has 25 heavy (non-hydrogen) atoms. The Balaban J connectivity index is 1.82. The summed E-state index contributed by atoms with van der Waals surface area (Å²) in [7, 11) is -1.83. The van der Waals surface area contributed by atoms with Crippen LogP contribution in [0.4, 0.5) is 0 Å². The summed E-state index contributed by atoms with van der Waals surface area (Å²) < 4.78 is 31.0. The summed E-state index contributed by atoms with van der Waals surface area (Å²) in [4.78, 5) is 6.38. The minimum atomic E-state index is -3.60. The third-order valence-electron chi connectivity index (χ3n) is 4.81. The maximum absolute atomic E-state index is 12.9. The lowest BCUT2D eigenvalue weighted by atomic mass is 10.1. The summed E-state index contributed by atoms with van der Waals surface area (Å²) in [5.41, 5.74) is 0.926. The monoisotopic (exact) mass is 366 g/mol. The number of sulfonamides is 1. The van der Waals surface area contributed by atoms with Crippen LogP contribution in [0.25, 0.3) is 0 Å². The normalized spacial score (nSPS) is 18.6. The predicted octanol–water partition coefficient (Wildman–Crippen LogP) is 1.09. The second-order valence-corrected chi connectivity index (χ2v) is 8.30. The highest BCUT2D eigenvalue weighted by Crippen LogP contribution is 2.27. The average Bonchev–Trinajstić information content (AvgIpc) is 3.24. The van der Waals surface area contributed by atoms with Crippen molar-refractivity contribution in [1.29, 1.82) is 0 Å². The molecule has 0 unspecified atom stereocenters. The van der Waals surface area contributed by atoms with Crippen LogP contribution in [0.1, 0.15) is 32.0 Å². The van der Waals surface area contributed by atoms with Gasteiger partial charge in [-0.3, -0.25) is 4.68 Å². The number of rotatable bonds is 7. The van der Waals surface area contributed by atoms with Gasteiger partial charge in [-0.2, -0.15) is 9.40 Å². The molecular formula is C16H26N6O2S. The van der Waals surface area contributed by atoms with Crippen LogP contribution in [0.15, 0.2) is 29.8 Å². The molecule has 3 heterocycles. The van der Waals surface area contributed by atoms with Crippen LogP contribution in [-0.2, 0) is 23.6 Å². The highest BCUT2D eigenvalue weighted by Gasteiger charge is 2.34. The summed E-state index contributed by atoms with van der Waals surface area (Å²) >= 11 is 0. The molecule has 0 amide bonds. The largest absolute Gasteiger partial charge is 0.339 e. The Bertz CT molecular complexity index is 808. The van der Waals surface area contributed by atoms with E-state index in [1.807, 2.05) is 10.7 Å². The summed E-state index contributed by atoms with van der Waals surface area (Å²) in [5.74, 6) is 0. The summed E-state index contributed by atoms with van der Waals surface area (Å²) in [6, 6.07) is 1.93. The van der Waals surface area contributed by atoms with E-state index in [1.165, 1.54) is 10.6 Å². The third kappa shape index (κ3) is 3.63. The Kier molecular flexibility index (Phi) is 5.26. The fraction of sp³-hybridized carbons (Fsp3) is 0.625. The van der Waals surface area contributed by atoms with E-state index in [-0.39, 0.29) is 11.1 Å². The van der Waals surface area contributed by atoms with Crippen LogP contribution in [0.3, 0.4) is 0 Å². The van der Waals surface area contributed by atoms with Gasteiger partial charge >= 0.3 is 0 Å². The van der Waals surface area contributed by atoms with E-state index in [4.69, 9.17) is 0 Å². The van der Waals surface area contributed by atoms with Gasteiger partial charge in [0, 0.05) is 32.5 Å². The van der Waals surface area contributed by atoms with Gasteiger partial charge in [-0.15, -0.1) is 0 Å². The van der Waals surface area contributed by atoms with E-state index >= 15 is 0 Å². The molecule has 9 heteroatoms. The van der Waals surface area contributed by atoms with E-state index < -0.39 is 10.0 Å². The fourth-order valence-electron chi connectivity index (χ4n) is 3.28. The zero-order chi connectivity index (χ0) is 18.0. The molecule has 2 aromatic heterocycles. The number of hydrogen-bond acceptors (Lipinski definition) is 5. The van der Waals surface area contributed by atoms with Crippen LogP contribution < -0.4 is 0 Å². The zero-order valence-electron chi connectivity index (χ0n) is 15.0. The first-order valence-corrected chi connectivity index (χ1v) is 10.1. The molecule has 0 radical (unpaired) electrons. The Labute approximate surface area is 149 Å². The van der Waals surface area contributed by atoms with E-state index in [9.17, 15) is 8.42 Å². The van der Waals surface area contributed by atoms with Gasteiger partial charge in [-0.1, -0.05) is 13.8 Å². The first-order chi connectivity index (χ1) is 12.0. The Morgan fingerprint density at radius 1 is 1.32 bits per heavy atom. The Morgan fingerprint density at radius 3 is 2.72 bits per heavy atom. The van der Waals surface area contributed by atoms with Gasteiger partial charge in [-0.25, -0.2) is 13.4 Å². The molecule has 138 valence electrons. The molecule has 0 fully saturated rings. The molecule has 1 aliphatic rings. The lowest BCUT2D eigenvalue weighted by Gasteiger charge is -2.33. The standard InChI is InChI=1S/C16H26N6O2S/c1-4-20(5-2)9-7-15-11-21(10-14-6-8-18-22(14)15)25(23,24)16-12-19(3)13-17-16/h6,8,12-13,15H,4-5,7,9-11H2,1-3H3/t15-/m0/s1.